The Hall–Kier alpha value is -2.76. The van der Waals surface area contributed by atoms with Gasteiger partial charge in [0.15, 0.2) is 0 Å². The number of aromatic nitrogens is 2. The summed E-state index contributed by atoms with van der Waals surface area (Å²) in [6.45, 7) is 1.69. The summed E-state index contributed by atoms with van der Waals surface area (Å²) < 4.78 is 0. The Kier molecular flexibility index (Phi) is 3.51. The van der Waals surface area contributed by atoms with Crippen molar-refractivity contribution < 1.29 is 14.7 Å². The van der Waals surface area contributed by atoms with Gasteiger partial charge < -0.3 is 10.4 Å². The topological polar surface area (TPSA) is 92.2 Å². The average molecular weight is 257 g/mol. The highest BCUT2D eigenvalue weighted by Crippen LogP contribution is 2.15. The molecule has 0 aliphatic rings. The van der Waals surface area contributed by atoms with Crippen LogP contribution in [0.15, 0.2) is 36.8 Å². The third-order valence-electron chi connectivity index (χ3n) is 2.52. The number of hydrogen-bond acceptors (Lipinski definition) is 4. The molecule has 0 bridgehead atoms. The number of carboxylic acids is 1. The van der Waals surface area contributed by atoms with Gasteiger partial charge in [-0.2, -0.15) is 0 Å². The molecule has 19 heavy (non-hydrogen) atoms. The van der Waals surface area contributed by atoms with E-state index >= 15 is 0 Å². The van der Waals surface area contributed by atoms with E-state index in [1.807, 2.05) is 0 Å². The van der Waals surface area contributed by atoms with E-state index in [0.29, 0.717) is 11.3 Å². The highest BCUT2D eigenvalue weighted by atomic mass is 16.4. The molecule has 1 amide bonds. The zero-order chi connectivity index (χ0) is 13.8. The summed E-state index contributed by atoms with van der Waals surface area (Å²) in [5.74, 6) is -1.47. The summed E-state index contributed by atoms with van der Waals surface area (Å²) in [6.07, 6.45) is 4.21. The van der Waals surface area contributed by atoms with Gasteiger partial charge in [0.2, 0.25) is 0 Å². The van der Waals surface area contributed by atoms with Crippen LogP contribution in [0.3, 0.4) is 0 Å². The molecule has 0 spiro atoms. The van der Waals surface area contributed by atoms with Gasteiger partial charge in [0.05, 0.1) is 11.8 Å². The van der Waals surface area contributed by atoms with Crippen molar-refractivity contribution in [1.29, 1.82) is 0 Å². The third kappa shape index (κ3) is 2.92. The van der Waals surface area contributed by atoms with Gasteiger partial charge in [0.25, 0.3) is 5.91 Å². The number of nitrogens with zero attached hydrogens (tertiary/aromatic N) is 2. The Labute approximate surface area is 109 Å². The molecular weight excluding hydrogens is 246 g/mol. The first-order valence-corrected chi connectivity index (χ1v) is 5.49. The van der Waals surface area contributed by atoms with E-state index in [-0.39, 0.29) is 11.3 Å². The fourth-order valence-electron chi connectivity index (χ4n) is 1.54. The maximum Gasteiger partial charge on any atom is 0.336 e. The second-order valence-electron chi connectivity index (χ2n) is 3.88. The van der Waals surface area contributed by atoms with E-state index < -0.39 is 11.9 Å². The molecule has 0 saturated heterocycles. The second kappa shape index (κ2) is 5.26. The van der Waals surface area contributed by atoms with E-state index in [1.165, 1.54) is 24.7 Å². The van der Waals surface area contributed by atoms with Crippen molar-refractivity contribution in [2.24, 2.45) is 0 Å². The molecule has 6 nitrogen and oxygen atoms in total. The minimum atomic E-state index is -1.03. The molecule has 1 aromatic carbocycles. The van der Waals surface area contributed by atoms with E-state index in [2.05, 4.69) is 15.3 Å². The van der Waals surface area contributed by atoms with E-state index in [1.54, 1.807) is 19.1 Å². The zero-order valence-corrected chi connectivity index (χ0v) is 10.1. The predicted octanol–water partition coefficient (Wildman–Crippen LogP) is 1.74. The number of carbonyl (C=O) groups is 2. The summed E-state index contributed by atoms with van der Waals surface area (Å²) in [7, 11) is 0. The van der Waals surface area contributed by atoms with Gasteiger partial charge in [-0.3, -0.25) is 9.78 Å². The summed E-state index contributed by atoms with van der Waals surface area (Å²) in [5, 5.41) is 11.6. The Balaban J connectivity index is 2.23. The standard InChI is InChI=1S/C13H11N3O3/c1-8-2-3-9(6-10(8)13(18)19)16-12(17)11-7-14-4-5-15-11/h2-7H,1H3,(H,16,17)(H,18,19). The maximum atomic E-state index is 11.8. The normalized spacial score (nSPS) is 9.95. The van der Waals surface area contributed by atoms with Crippen molar-refractivity contribution in [3.8, 4) is 0 Å². The Bertz CT molecular complexity index is 626. The Morgan fingerprint density at radius 3 is 2.68 bits per heavy atom. The highest BCUT2D eigenvalue weighted by molar-refractivity contribution is 6.03. The first-order valence-electron chi connectivity index (χ1n) is 5.49. The maximum absolute atomic E-state index is 11.8. The highest BCUT2D eigenvalue weighted by Gasteiger charge is 2.11. The zero-order valence-electron chi connectivity index (χ0n) is 10.1. The van der Waals surface area contributed by atoms with Gasteiger partial charge in [-0.15, -0.1) is 0 Å². The van der Waals surface area contributed by atoms with Crippen LogP contribution in [-0.4, -0.2) is 27.0 Å². The first kappa shape index (κ1) is 12.7. The van der Waals surface area contributed by atoms with Gasteiger partial charge >= 0.3 is 5.97 Å². The van der Waals surface area contributed by atoms with E-state index in [4.69, 9.17) is 5.11 Å². The van der Waals surface area contributed by atoms with Crippen molar-refractivity contribution in [1.82, 2.24) is 9.97 Å². The van der Waals surface area contributed by atoms with Gasteiger partial charge in [0.1, 0.15) is 5.69 Å². The number of aromatic carboxylic acids is 1. The van der Waals surface area contributed by atoms with Crippen molar-refractivity contribution in [2.45, 2.75) is 6.92 Å². The van der Waals surface area contributed by atoms with Crippen LogP contribution in [0.2, 0.25) is 0 Å². The molecule has 0 unspecified atom stereocenters. The number of aryl methyl sites for hydroxylation is 1. The number of rotatable bonds is 3. The number of carboxylic acid groups (broad SMARTS) is 1. The molecule has 96 valence electrons. The Morgan fingerprint density at radius 1 is 1.26 bits per heavy atom. The largest absolute Gasteiger partial charge is 0.478 e. The lowest BCUT2D eigenvalue weighted by Gasteiger charge is -2.07. The quantitative estimate of drug-likeness (QED) is 0.873. The van der Waals surface area contributed by atoms with Gasteiger partial charge in [-0.1, -0.05) is 6.07 Å². The van der Waals surface area contributed by atoms with Crippen LogP contribution in [0.4, 0.5) is 5.69 Å². The fourth-order valence-corrected chi connectivity index (χ4v) is 1.54. The number of carbonyl (C=O) groups excluding carboxylic acids is 1. The molecule has 0 atom stereocenters. The Morgan fingerprint density at radius 2 is 2.05 bits per heavy atom. The van der Waals surface area contributed by atoms with Crippen LogP contribution in [-0.2, 0) is 0 Å². The van der Waals surface area contributed by atoms with Crippen LogP contribution in [0.25, 0.3) is 0 Å². The van der Waals surface area contributed by atoms with E-state index in [9.17, 15) is 9.59 Å². The minimum absolute atomic E-state index is 0.150. The van der Waals surface area contributed by atoms with Gasteiger partial charge in [-0.05, 0) is 24.6 Å². The van der Waals surface area contributed by atoms with Crippen LogP contribution in [0, 0.1) is 6.92 Å². The van der Waals surface area contributed by atoms with Crippen LogP contribution >= 0.6 is 0 Å². The fraction of sp³-hybridized carbons (Fsp3) is 0.0769. The van der Waals surface area contributed by atoms with Crippen LogP contribution < -0.4 is 5.32 Å². The molecule has 0 aliphatic heterocycles. The number of nitrogens with one attached hydrogen (secondary N) is 1. The summed E-state index contributed by atoms with van der Waals surface area (Å²) in [6, 6.07) is 4.68. The summed E-state index contributed by atoms with van der Waals surface area (Å²) in [4.78, 5) is 30.5. The molecule has 1 aromatic heterocycles. The smallest absolute Gasteiger partial charge is 0.336 e. The van der Waals surface area contributed by atoms with Crippen molar-refractivity contribution in [2.75, 3.05) is 5.32 Å². The van der Waals surface area contributed by atoms with Crippen molar-refractivity contribution in [3.63, 3.8) is 0 Å². The van der Waals surface area contributed by atoms with E-state index in [0.717, 1.165) is 0 Å². The summed E-state index contributed by atoms with van der Waals surface area (Å²) in [5.41, 5.74) is 1.35. The molecule has 0 radical (unpaired) electrons. The molecule has 2 rings (SSSR count). The van der Waals surface area contributed by atoms with Crippen LogP contribution in [0.5, 0.6) is 0 Å². The molecule has 2 N–H and O–H groups in total. The summed E-state index contributed by atoms with van der Waals surface area (Å²) >= 11 is 0. The number of benzene rings is 1. The monoisotopic (exact) mass is 257 g/mol. The average Bonchev–Trinajstić information content (AvgIpc) is 2.41. The lowest BCUT2D eigenvalue weighted by molar-refractivity contribution is 0.0695. The minimum Gasteiger partial charge on any atom is -0.478 e. The second-order valence-corrected chi connectivity index (χ2v) is 3.88. The molecular formula is C13H11N3O3. The lowest BCUT2D eigenvalue weighted by atomic mass is 10.1. The lowest BCUT2D eigenvalue weighted by Crippen LogP contribution is -2.14. The number of hydrogen-bond donors (Lipinski definition) is 2. The molecule has 1 heterocycles. The number of amides is 1. The van der Waals surface area contributed by atoms with Crippen molar-refractivity contribution in [3.05, 3.63) is 53.6 Å². The predicted molar refractivity (Wildman–Crippen MR) is 68.1 cm³/mol. The molecule has 2 aromatic rings. The molecule has 0 fully saturated rings. The molecule has 0 aliphatic carbocycles. The van der Waals surface area contributed by atoms with Crippen LogP contribution in [0.1, 0.15) is 26.4 Å². The third-order valence-corrected chi connectivity index (χ3v) is 2.52. The molecule has 0 saturated carbocycles. The van der Waals surface area contributed by atoms with Gasteiger partial charge in [-0.25, -0.2) is 9.78 Å². The van der Waals surface area contributed by atoms with Crippen molar-refractivity contribution >= 4 is 17.6 Å². The first-order chi connectivity index (χ1) is 9.08. The SMILES string of the molecule is Cc1ccc(NC(=O)c2cnccn2)cc1C(=O)O. The molecule has 6 heteroatoms. The number of anilines is 1. The van der Waals surface area contributed by atoms with Gasteiger partial charge in [0, 0.05) is 18.1 Å².